The summed E-state index contributed by atoms with van der Waals surface area (Å²) in [5.74, 6) is 7.44. The van der Waals surface area contributed by atoms with Crippen LogP contribution in [0.2, 0.25) is 0 Å². The fraction of sp³-hybridized carbons (Fsp3) is 1.00. The third-order valence-corrected chi connectivity index (χ3v) is 11.9. The highest BCUT2D eigenvalue weighted by atomic mass is 14.5. The summed E-state index contributed by atoms with van der Waals surface area (Å²) in [5, 5.41) is 0. The van der Waals surface area contributed by atoms with Gasteiger partial charge in [-0.05, 0) is 91.8 Å². The molecule has 4 fully saturated rings. The molecule has 0 radical (unpaired) electrons. The average molecular weight is 471 g/mol. The molecule has 8 atom stereocenters. The second-order valence-corrected chi connectivity index (χ2v) is 14.3. The van der Waals surface area contributed by atoms with Crippen LogP contribution < -0.4 is 0 Å². The summed E-state index contributed by atoms with van der Waals surface area (Å²) in [6, 6.07) is 0. The summed E-state index contributed by atoms with van der Waals surface area (Å²) in [5.41, 5.74) is 0.627. The number of unbranched alkanes of at least 4 members (excludes halogenated alkanes) is 1. The second kappa shape index (κ2) is 13.5. The number of fused-ring (bicyclic) bond motifs is 1. The van der Waals surface area contributed by atoms with Gasteiger partial charge in [0.15, 0.2) is 0 Å². The van der Waals surface area contributed by atoms with Crippen molar-refractivity contribution in [2.75, 3.05) is 0 Å². The molecule has 0 nitrogen and oxygen atoms in total. The van der Waals surface area contributed by atoms with E-state index in [9.17, 15) is 0 Å². The molecule has 0 spiro atoms. The minimum Gasteiger partial charge on any atom is -0.0654 e. The van der Waals surface area contributed by atoms with Crippen LogP contribution in [-0.2, 0) is 0 Å². The van der Waals surface area contributed by atoms with Crippen LogP contribution >= 0.6 is 0 Å². The number of rotatable bonds is 5. The van der Waals surface area contributed by atoms with Crippen LogP contribution in [0.15, 0.2) is 0 Å². The molecule has 0 heterocycles. The Morgan fingerprint density at radius 3 is 1.97 bits per heavy atom. The number of hydrogen-bond donors (Lipinski definition) is 0. The zero-order chi connectivity index (χ0) is 23.8. The molecule has 34 heavy (non-hydrogen) atoms. The standard InChI is InChI=1S/C34H62/c1-4-5-24-34(3)25-13-8-6-7-10-18-29(23-26-34)33-31-22-15-19-28(31)17-11-9-12-20-32(33)30-21-14-16-27(30)2/h27-33H,4-26H2,1-3H3. The lowest BCUT2D eigenvalue weighted by Crippen LogP contribution is -2.37. The molecule has 8 unspecified atom stereocenters. The largest absolute Gasteiger partial charge is 0.0654 e. The van der Waals surface area contributed by atoms with Gasteiger partial charge < -0.3 is 0 Å². The van der Waals surface area contributed by atoms with E-state index in [1.54, 1.807) is 70.6 Å². The lowest BCUT2D eigenvalue weighted by atomic mass is 9.60. The van der Waals surface area contributed by atoms with Crippen molar-refractivity contribution in [2.24, 2.45) is 46.8 Å². The van der Waals surface area contributed by atoms with Gasteiger partial charge in [0.2, 0.25) is 0 Å². The highest BCUT2D eigenvalue weighted by Crippen LogP contribution is 2.55. The van der Waals surface area contributed by atoms with Crippen molar-refractivity contribution >= 4 is 0 Å². The molecule has 4 aliphatic carbocycles. The molecule has 0 amide bonds. The lowest BCUT2D eigenvalue weighted by Gasteiger charge is -2.45. The molecule has 0 bridgehead atoms. The van der Waals surface area contributed by atoms with Gasteiger partial charge in [0.1, 0.15) is 0 Å². The summed E-state index contributed by atoms with van der Waals surface area (Å²) in [7, 11) is 0. The van der Waals surface area contributed by atoms with Crippen LogP contribution in [0.25, 0.3) is 0 Å². The van der Waals surface area contributed by atoms with E-state index in [0.29, 0.717) is 5.41 Å². The van der Waals surface area contributed by atoms with E-state index in [0.717, 1.165) is 41.4 Å². The topological polar surface area (TPSA) is 0 Å². The molecule has 0 saturated heterocycles. The van der Waals surface area contributed by atoms with E-state index in [4.69, 9.17) is 0 Å². The molecule has 0 heteroatoms. The third kappa shape index (κ3) is 7.06. The zero-order valence-electron chi connectivity index (χ0n) is 23.8. The lowest BCUT2D eigenvalue weighted by molar-refractivity contribution is 0.0424. The van der Waals surface area contributed by atoms with Crippen molar-refractivity contribution < 1.29 is 0 Å². The van der Waals surface area contributed by atoms with Crippen LogP contribution in [0.5, 0.6) is 0 Å². The van der Waals surface area contributed by atoms with Crippen LogP contribution in [0.3, 0.4) is 0 Å². The molecule has 0 aromatic heterocycles. The second-order valence-electron chi connectivity index (χ2n) is 14.3. The van der Waals surface area contributed by atoms with Gasteiger partial charge in [-0.1, -0.05) is 124 Å². The van der Waals surface area contributed by atoms with Gasteiger partial charge in [-0.25, -0.2) is 0 Å². The Kier molecular flexibility index (Phi) is 10.8. The van der Waals surface area contributed by atoms with E-state index in [1.165, 1.54) is 77.0 Å². The molecule has 4 saturated carbocycles. The Bertz CT molecular complexity index is 564. The van der Waals surface area contributed by atoms with Gasteiger partial charge in [-0.15, -0.1) is 0 Å². The highest BCUT2D eigenvalue weighted by Gasteiger charge is 2.46. The van der Waals surface area contributed by atoms with Crippen LogP contribution in [0.4, 0.5) is 0 Å². The average Bonchev–Trinajstić information content (AvgIpc) is 3.47. The summed E-state index contributed by atoms with van der Waals surface area (Å²) in [6.07, 6.45) is 35.3. The number of hydrogen-bond acceptors (Lipinski definition) is 0. The van der Waals surface area contributed by atoms with E-state index in [2.05, 4.69) is 20.8 Å². The van der Waals surface area contributed by atoms with Crippen molar-refractivity contribution in [2.45, 2.75) is 168 Å². The van der Waals surface area contributed by atoms with Crippen molar-refractivity contribution in [3.05, 3.63) is 0 Å². The predicted octanol–water partition coefficient (Wildman–Crippen LogP) is 11.4. The maximum atomic E-state index is 2.70. The van der Waals surface area contributed by atoms with Crippen LogP contribution in [0, 0.1) is 46.8 Å². The Balaban J connectivity index is 1.61. The van der Waals surface area contributed by atoms with Crippen molar-refractivity contribution in [3.63, 3.8) is 0 Å². The van der Waals surface area contributed by atoms with Crippen molar-refractivity contribution in [1.82, 2.24) is 0 Å². The molecule has 4 rings (SSSR count). The maximum Gasteiger partial charge on any atom is -0.0324 e. The first-order valence-corrected chi connectivity index (χ1v) is 16.6. The first-order valence-electron chi connectivity index (χ1n) is 16.6. The van der Waals surface area contributed by atoms with Gasteiger partial charge in [0.25, 0.3) is 0 Å². The van der Waals surface area contributed by atoms with Gasteiger partial charge in [-0.2, -0.15) is 0 Å². The van der Waals surface area contributed by atoms with Gasteiger partial charge in [-0.3, -0.25) is 0 Å². The molecule has 0 N–H and O–H groups in total. The van der Waals surface area contributed by atoms with E-state index >= 15 is 0 Å². The molecule has 198 valence electrons. The smallest absolute Gasteiger partial charge is 0.0324 e. The van der Waals surface area contributed by atoms with Crippen molar-refractivity contribution in [3.8, 4) is 0 Å². The van der Waals surface area contributed by atoms with Crippen LogP contribution in [0.1, 0.15) is 168 Å². The van der Waals surface area contributed by atoms with E-state index in [1.807, 2.05) is 0 Å². The molecule has 0 aliphatic heterocycles. The van der Waals surface area contributed by atoms with E-state index < -0.39 is 0 Å². The molecular formula is C34H62. The Labute approximate surface area is 215 Å². The third-order valence-electron chi connectivity index (χ3n) is 11.9. The SMILES string of the molecule is CCCCC1(C)CCCCCCCC(C2C3CCCC3CCCCCC2C2CCCC2C)CC1. The summed E-state index contributed by atoms with van der Waals surface area (Å²) < 4.78 is 0. The Morgan fingerprint density at radius 1 is 0.559 bits per heavy atom. The molecule has 0 aromatic carbocycles. The zero-order valence-corrected chi connectivity index (χ0v) is 23.8. The van der Waals surface area contributed by atoms with Gasteiger partial charge in [0.05, 0.1) is 0 Å². The first-order chi connectivity index (χ1) is 16.6. The minimum atomic E-state index is 0.627. The van der Waals surface area contributed by atoms with Crippen molar-refractivity contribution in [1.29, 1.82) is 0 Å². The Morgan fingerprint density at radius 2 is 1.18 bits per heavy atom. The van der Waals surface area contributed by atoms with Gasteiger partial charge >= 0.3 is 0 Å². The minimum absolute atomic E-state index is 0.627. The Hall–Kier alpha value is 0. The molecule has 4 aliphatic rings. The maximum absolute atomic E-state index is 2.70. The summed E-state index contributed by atoms with van der Waals surface area (Å²) >= 11 is 0. The normalized spacial score (nSPS) is 43.3. The summed E-state index contributed by atoms with van der Waals surface area (Å²) in [4.78, 5) is 0. The summed E-state index contributed by atoms with van der Waals surface area (Å²) in [6.45, 7) is 7.75. The van der Waals surface area contributed by atoms with Gasteiger partial charge in [0, 0.05) is 0 Å². The monoisotopic (exact) mass is 470 g/mol. The highest BCUT2D eigenvalue weighted by molar-refractivity contribution is 4.95. The quantitative estimate of drug-likeness (QED) is 0.374. The molecular weight excluding hydrogens is 408 g/mol. The van der Waals surface area contributed by atoms with E-state index in [-0.39, 0.29) is 0 Å². The van der Waals surface area contributed by atoms with Crippen LogP contribution in [-0.4, -0.2) is 0 Å². The first kappa shape index (κ1) is 27.0. The predicted molar refractivity (Wildman–Crippen MR) is 150 cm³/mol. The fourth-order valence-electron chi connectivity index (χ4n) is 9.94. The fourth-order valence-corrected chi connectivity index (χ4v) is 9.94. The molecule has 0 aromatic rings.